The molecular weight excluding hydrogens is 338 g/mol. The molecule has 0 saturated carbocycles. The van der Waals surface area contributed by atoms with Crippen LogP contribution in [0, 0.1) is 10.4 Å². The normalized spacial score (nSPS) is 20.5. The second kappa shape index (κ2) is 6.82. The first-order valence-electron chi connectivity index (χ1n) is 7.58. The molecule has 2 aliphatic rings. The smallest absolute Gasteiger partial charge is 0.301 e. The van der Waals surface area contributed by atoms with Gasteiger partial charge in [-0.15, -0.1) is 10.2 Å². The standard InChI is InChI=1S/C17H13N5O4/c1-10-8-13(16(23)14(9-10)22(25)26)18-19-15-11(2)20-21(17(15)24)12-6-4-3-5-7-12/h3-9H,1-2H3/q-2. The maximum absolute atomic E-state index is 12.5. The zero-order valence-electron chi connectivity index (χ0n) is 13.9. The Bertz CT molecular complexity index is 926. The highest BCUT2D eigenvalue weighted by molar-refractivity contribution is 6.71. The van der Waals surface area contributed by atoms with Gasteiger partial charge in [-0.1, -0.05) is 18.2 Å². The number of rotatable bonds is 3. The van der Waals surface area contributed by atoms with Crippen molar-refractivity contribution in [3.8, 4) is 0 Å². The largest absolute Gasteiger partial charge is 0.769 e. The van der Waals surface area contributed by atoms with Crippen molar-refractivity contribution in [2.75, 3.05) is 5.01 Å². The van der Waals surface area contributed by atoms with Crippen LogP contribution in [-0.2, 0) is 9.59 Å². The average molecular weight is 351 g/mol. The Morgan fingerprint density at radius 1 is 1.04 bits per heavy atom. The summed E-state index contributed by atoms with van der Waals surface area (Å²) in [5.41, 5.74) is 0.567. The van der Waals surface area contributed by atoms with Gasteiger partial charge in [0.2, 0.25) is 5.78 Å². The number of nitrogens with zero attached hydrogens (tertiary/aromatic N) is 5. The molecule has 0 spiro atoms. The Morgan fingerprint density at radius 2 is 1.73 bits per heavy atom. The maximum Gasteiger partial charge on any atom is 0.301 e. The first-order valence-corrected chi connectivity index (χ1v) is 7.58. The second-order valence-corrected chi connectivity index (χ2v) is 5.58. The second-order valence-electron chi connectivity index (χ2n) is 5.58. The zero-order valence-corrected chi connectivity index (χ0v) is 13.9. The summed E-state index contributed by atoms with van der Waals surface area (Å²) in [6, 6.07) is 8.78. The lowest BCUT2D eigenvalue weighted by Gasteiger charge is -2.39. The molecular formula is C17H13N5O4-2. The molecule has 1 amide bonds. The van der Waals surface area contributed by atoms with Crippen LogP contribution in [0.15, 0.2) is 69.1 Å². The topological polar surface area (TPSA) is 124 Å². The third-order valence-corrected chi connectivity index (χ3v) is 3.64. The molecule has 26 heavy (non-hydrogen) atoms. The van der Waals surface area contributed by atoms with Crippen molar-refractivity contribution < 1.29 is 9.59 Å². The Labute approximate surface area is 148 Å². The highest BCUT2D eigenvalue weighted by atomic mass is 16.8. The number of benzene rings is 1. The van der Waals surface area contributed by atoms with Crippen molar-refractivity contribution in [2.24, 2.45) is 15.3 Å². The van der Waals surface area contributed by atoms with E-state index in [4.69, 9.17) is 0 Å². The Kier molecular flexibility index (Phi) is 4.57. The molecule has 1 heterocycles. The number of anilines is 1. The summed E-state index contributed by atoms with van der Waals surface area (Å²) in [6.07, 6.45) is 2.54. The molecule has 9 nitrogen and oxygen atoms in total. The van der Waals surface area contributed by atoms with E-state index in [-0.39, 0.29) is 11.4 Å². The molecule has 3 rings (SSSR count). The van der Waals surface area contributed by atoms with Crippen molar-refractivity contribution in [3.63, 3.8) is 0 Å². The van der Waals surface area contributed by atoms with E-state index in [1.807, 2.05) is 6.07 Å². The summed E-state index contributed by atoms with van der Waals surface area (Å²) in [4.78, 5) is 24.6. The van der Waals surface area contributed by atoms with Gasteiger partial charge < -0.3 is 15.6 Å². The number of hydrogen-bond donors (Lipinski definition) is 0. The van der Waals surface area contributed by atoms with Crippen LogP contribution in [0.5, 0.6) is 0 Å². The Balaban J connectivity index is 1.91. The Hall–Kier alpha value is -3.43. The number of para-hydroxylation sites is 1. The predicted octanol–water partition coefficient (Wildman–Crippen LogP) is 1.92. The number of Topliss-reactive ketones (excluding diaryl/α,β-unsaturated/α-hetero) is 1. The predicted molar refractivity (Wildman–Crippen MR) is 97.3 cm³/mol. The summed E-state index contributed by atoms with van der Waals surface area (Å²) in [7, 11) is 0. The highest BCUT2D eigenvalue weighted by Crippen LogP contribution is 2.19. The molecule has 0 fully saturated rings. The molecule has 1 aromatic carbocycles. The number of allylic oxidation sites excluding steroid dienone is 4. The summed E-state index contributed by atoms with van der Waals surface area (Å²) in [5.74, 6) is -1.35. The summed E-state index contributed by atoms with van der Waals surface area (Å²) < 4.78 is 0. The van der Waals surface area contributed by atoms with E-state index >= 15 is 0 Å². The van der Waals surface area contributed by atoms with Gasteiger partial charge in [0.25, 0.3) is 0 Å². The average Bonchev–Trinajstić information content (AvgIpc) is 2.90. The Morgan fingerprint density at radius 3 is 2.38 bits per heavy atom. The number of carbonyl (C=O) groups excluding carboxylic acids is 2. The number of ketones is 1. The van der Waals surface area contributed by atoms with Gasteiger partial charge in [0, 0.05) is 0 Å². The van der Waals surface area contributed by atoms with E-state index in [2.05, 4.69) is 15.3 Å². The fourth-order valence-electron chi connectivity index (χ4n) is 2.41. The first-order chi connectivity index (χ1) is 12.4. The van der Waals surface area contributed by atoms with Crippen molar-refractivity contribution >= 4 is 34.5 Å². The van der Waals surface area contributed by atoms with Crippen LogP contribution in [-0.4, -0.2) is 34.1 Å². The molecule has 0 unspecified atom stereocenters. The fourth-order valence-corrected chi connectivity index (χ4v) is 2.41. The number of hydroxylamine groups is 2. The lowest BCUT2D eigenvalue weighted by Crippen LogP contribution is -2.28. The van der Waals surface area contributed by atoms with Gasteiger partial charge in [-0.25, -0.2) is 0 Å². The zero-order chi connectivity index (χ0) is 18.8. The number of carbonyl (C=O) groups is 2. The number of amides is 1. The molecule has 1 aromatic rings. The third kappa shape index (κ3) is 3.21. The van der Waals surface area contributed by atoms with Crippen molar-refractivity contribution in [2.45, 2.75) is 13.8 Å². The molecule has 132 valence electrons. The molecule has 0 atom stereocenters. The van der Waals surface area contributed by atoms with E-state index in [1.54, 1.807) is 38.1 Å². The van der Waals surface area contributed by atoms with E-state index < -0.39 is 22.6 Å². The quantitative estimate of drug-likeness (QED) is 0.608. The van der Waals surface area contributed by atoms with Crippen LogP contribution < -0.4 is 5.01 Å². The number of hydrogen-bond acceptors (Lipinski definition) is 8. The molecule has 0 radical (unpaired) electrons. The minimum Gasteiger partial charge on any atom is -0.769 e. The van der Waals surface area contributed by atoms with Crippen molar-refractivity contribution in [3.05, 3.63) is 64.2 Å². The van der Waals surface area contributed by atoms with Gasteiger partial charge in [0.1, 0.15) is 5.71 Å². The number of hydrazone groups is 1. The fraction of sp³-hybridized carbons (Fsp3) is 0.118. The minimum atomic E-state index is -0.857. The maximum atomic E-state index is 12.5. The van der Waals surface area contributed by atoms with Crippen LogP contribution in [0.2, 0.25) is 0 Å². The van der Waals surface area contributed by atoms with E-state index in [0.717, 1.165) is 0 Å². The van der Waals surface area contributed by atoms with Crippen LogP contribution in [0.3, 0.4) is 0 Å². The van der Waals surface area contributed by atoms with Gasteiger partial charge in [0.05, 0.1) is 17.1 Å². The van der Waals surface area contributed by atoms with Gasteiger partial charge >= 0.3 is 5.91 Å². The summed E-state index contributed by atoms with van der Waals surface area (Å²) in [5, 5.41) is 34.0. The van der Waals surface area contributed by atoms with E-state index in [1.165, 1.54) is 17.2 Å². The van der Waals surface area contributed by atoms with Gasteiger partial charge in [0.15, 0.2) is 5.71 Å². The van der Waals surface area contributed by atoms with Gasteiger partial charge in [-0.3, -0.25) is 9.59 Å². The van der Waals surface area contributed by atoms with Crippen LogP contribution in [0.4, 0.5) is 5.69 Å². The van der Waals surface area contributed by atoms with Gasteiger partial charge in [-0.05, 0) is 43.7 Å². The summed E-state index contributed by atoms with van der Waals surface area (Å²) >= 11 is 0. The lowest BCUT2D eigenvalue weighted by molar-refractivity contribution is -0.112. The van der Waals surface area contributed by atoms with Crippen LogP contribution in [0.1, 0.15) is 13.8 Å². The SMILES string of the molecule is CC1=CC(=NN=C2C(=O)N(c3ccccc3)N=C2C)C(=O)C(N([O-])[O-])=C1. The van der Waals surface area contributed by atoms with E-state index in [0.29, 0.717) is 17.0 Å². The first kappa shape index (κ1) is 17.4. The molecule has 9 heteroatoms. The van der Waals surface area contributed by atoms with Crippen molar-refractivity contribution in [1.82, 2.24) is 5.23 Å². The van der Waals surface area contributed by atoms with Gasteiger partial charge in [-0.2, -0.15) is 10.1 Å². The van der Waals surface area contributed by atoms with Crippen LogP contribution >= 0.6 is 0 Å². The monoisotopic (exact) mass is 351 g/mol. The lowest BCUT2D eigenvalue weighted by atomic mass is 10.0. The minimum absolute atomic E-state index is 0.0302. The van der Waals surface area contributed by atoms with Crippen LogP contribution in [0.25, 0.3) is 0 Å². The molecule has 0 saturated heterocycles. The third-order valence-electron chi connectivity index (χ3n) is 3.64. The molecule has 1 aliphatic heterocycles. The molecule has 1 aliphatic carbocycles. The summed E-state index contributed by atoms with van der Waals surface area (Å²) in [6.45, 7) is 3.19. The van der Waals surface area contributed by atoms with Crippen molar-refractivity contribution in [1.29, 1.82) is 0 Å². The van der Waals surface area contributed by atoms with E-state index in [9.17, 15) is 20.0 Å². The molecule has 0 aromatic heterocycles. The molecule has 0 bridgehead atoms. The molecule has 0 N–H and O–H groups in total. The highest BCUT2D eigenvalue weighted by Gasteiger charge is 2.31.